The van der Waals surface area contributed by atoms with Crippen molar-refractivity contribution in [3.05, 3.63) is 144 Å². The van der Waals surface area contributed by atoms with E-state index in [4.69, 9.17) is 30.4 Å². The molecule has 6 saturated heterocycles. The molecule has 480 valence electrons. The van der Waals surface area contributed by atoms with Gasteiger partial charge in [0.25, 0.3) is 0 Å². The Morgan fingerprint density at radius 2 is 0.945 bits per heavy atom. The molecule has 0 aliphatic carbocycles. The monoisotopic (exact) mass is 1230 g/mol. The Morgan fingerprint density at radius 3 is 1.40 bits per heavy atom. The third kappa shape index (κ3) is 18.4. The zero-order valence-electron chi connectivity index (χ0n) is 53.4. The van der Waals surface area contributed by atoms with E-state index in [1.54, 1.807) is 9.80 Å². The lowest BCUT2D eigenvalue weighted by Gasteiger charge is -2.47. The number of nitrogen functional groups attached to an aromatic ring is 2. The molecule has 6 aromatic rings. The molecule has 20 nitrogen and oxygen atoms in total. The zero-order chi connectivity index (χ0) is 63.3. The van der Waals surface area contributed by atoms with Crippen molar-refractivity contribution in [3.8, 4) is 46.2 Å². The van der Waals surface area contributed by atoms with Gasteiger partial charge in [-0.3, -0.25) is 14.7 Å². The molecule has 6 fully saturated rings. The smallest absolute Gasteiger partial charge is 0.410 e. The van der Waals surface area contributed by atoms with Gasteiger partial charge in [-0.25, -0.2) is 9.59 Å². The molecule has 2 spiro atoms. The standard InChI is InChI=1S/C35H43N7O3.C19H25N5O.C17H22N2O2/c1-28-9-5-6-12-30(28)31-25-32(33(36)38-37-31)41-17-13-35(14-18-41)27-40(23-24-45-35)16-8-7-15-39-19-21-42(22-20-39)34(43)44-26-29-10-3-2-4-11-29;1-14-4-2-3-5-15(14)16-12-17(18(20)23-22-16)24-9-6-19(7-10-24)13-21-8-11-25-19;1-2-3-7-10-18-11-13-19(14-12-18)17(20)21-15-16-8-5-4-6-9-16/h2-6,9-12,25H,13-24,26-27H2,1H3,(H2,36,38);2-5,12,21H,6-11,13H2,1H3,(H2,20,23);4-6,8-9H,2,10-15H2,1H3. The van der Waals surface area contributed by atoms with Crippen LogP contribution in [0, 0.1) is 37.5 Å². The maximum atomic E-state index is 12.5. The summed E-state index contributed by atoms with van der Waals surface area (Å²) in [5.74, 6) is 13.9. The number of carbonyl (C=O) groups is 2. The maximum absolute atomic E-state index is 12.5. The molecular formula is C71H90N14O6. The first-order chi connectivity index (χ1) is 44.4. The third-order valence-electron chi connectivity index (χ3n) is 17.9. The molecule has 8 heterocycles. The van der Waals surface area contributed by atoms with Gasteiger partial charge in [0.05, 0.1) is 66.8 Å². The summed E-state index contributed by atoms with van der Waals surface area (Å²) in [5.41, 5.74) is 22.5. The van der Waals surface area contributed by atoms with Crippen molar-refractivity contribution >= 4 is 35.2 Å². The highest BCUT2D eigenvalue weighted by molar-refractivity contribution is 5.74. The number of anilines is 4. The summed E-state index contributed by atoms with van der Waals surface area (Å²) in [4.78, 5) is 39.6. The van der Waals surface area contributed by atoms with Crippen LogP contribution >= 0.6 is 0 Å². The van der Waals surface area contributed by atoms with Crippen LogP contribution in [0.1, 0.15) is 61.3 Å². The number of nitrogens with two attached hydrogens (primary N) is 2. The molecule has 0 saturated carbocycles. The molecular weight excluding hydrogens is 1140 g/mol. The number of hydrogen-bond acceptors (Lipinski definition) is 18. The number of piperidine rings is 2. The van der Waals surface area contributed by atoms with E-state index in [1.165, 1.54) is 11.1 Å². The highest BCUT2D eigenvalue weighted by Crippen LogP contribution is 2.37. The third-order valence-corrected chi connectivity index (χ3v) is 17.9. The van der Waals surface area contributed by atoms with E-state index in [0.29, 0.717) is 57.6 Å². The number of aryl methyl sites for hydroxylation is 2. The second-order valence-electron chi connectivity index (χ2n) is 24.2. The van der Waals surface area contributed by atoms with Crippen molar-refractivity contribution in [2.24, 2.45) is 0 Å². The van der Waals surface area contributed by atoms with Crippen LogP contribution in [-0.2, 0) is 32.2 Å². The van der Waals surface area contributed by atoms with Crippen molar-refractivity contribution in [1.29, 1.82) is 0 Å². The Morgan fingerprint density at radius 1 is 0.516 bits per heavy atom. The molecule has 0 atom stereocenters. The number of hydrogen-bond donors (Lipinski definition) is 3. The van der Waals surface area contributed by atoms with Gasteiger partial charge in [0.1, 0.15) is 13.2 Å². The van der Waals surface area contributed by atoms with E-state index < -0.39 is 0 Å². The van der Waals surface area contributed by atoms with Gasteiger partial charge >= 0.3 is 12.2 Å². The lowest BCUT2D eigenvalue weighted by atomic mass is 9.89. The lowest BCUT2D eigenvalue weighted by molar-refractivity contribution is -0.118. The second-order valence-corrected chi connectivity index (χ2v) is 24.2. The fourth-order valence-electron chi connectivity index (χ4n) is 12.4. The normalized spacial score (nSPS) is 18.3. The van der Waals surface area contributed by atoms with Crippen LogP contribution in [0.2, 0.25) is 0 Å². The number of rotatable bonds is 11. The molecule has 5 N–H and O–H groups in total. The van der Waals surface area contributed by atoms with Gasteiger partial charge in [-0.05, 0) is 73.9 Å². The number of nitrogens with one attached hydrogen (secondary N) is 1. The Hall–Kier alpha value is -8.34. The minimum absolute atomic E-state index is 0.0111. The van der Waals surface area contributed by atoms with Crippen LogP contribution in [-0.4, -0.2) is 206 Å². The van der Waals surface area contributed by atoms with Crippen LogP contribution in [0.4, 0.5) is 32.6 Å². The molecule has 91 heavy (non-hydrogen) atoms. The molecule has 0 unspecified atom stereocenters. The molecule has 6 aliphatic rings. The summed E-state index contributed by atoms with van der Waals surface area (Å²) >= 11 is 0. The average Bonchev–Trinajstić information content (AvgIpc) is 1.14. The number of aromatic nitrogens is 4. The number of piperazine rings is 2. The number of ether oxygens (including phenoxy) is 4. The molecule has 2 amide bonds. The van der Waals surface area contributed by atoms with Crippen LogP contribution in [0.25, 0.3) is 22.5 Å². The predicted molar refractivity (Wildman–Crippen MR) is 358 cm³/mol. The van der Waals surface area contributed by atoms with E-state index in [1.807, 2.05) is 91.9 Å². The van der Waals surface area contributed by atoms with Crippen molar-refractivity contribution in [2.45, 2.75) is 77.3 Å². The lowest BCUT2D eigenvalue weighted by Crippen LogP contribution is -2.57. The van der Waals surface area contributed by atoms with E-state index >= 15 is 0 Å². The van der Waals surface area contributed by atoms with E-state index in [2.05, 4.69) is 124 Å². The number of amides is 2. The van der Waals surface area contributed by atoms with Crippen LogP contribution in [0.15, 0.2) is 121 Å². The Balaban J connectivity index is 0.000000166. The van der Waals surface area contributed by atoms with Crippen molar-refractivity contribution in [3.63, 3.8) is 0 Å². The van der Waals surface area contributed by atoms with Crippen molar-refractivity contribution < 1.29 is 28.5 Å². The number of carbonyl (C=O) groups excluding carboxylic acids is 2. The summed E-state index contributed by atoms with van der Waals surface area (Å²) in [6.45, 7) is 23.9. The van der Waals surface area contributed by atoms with Crippen LogP contribution in [0.5, 0.6) is 0 Å². The molecule has 2 aromatic heterocycles. The minimum Gasteiger partial charge on any atom is -0.445 e. The number of nitrogens with zero attached hydrogens (tertiary/aromatic N) is 11. The Bertz CT molecular complexity index is 3430. The van der Waals surface area contributed by atoms with Crippen molar-refractivity contribution in [1.82, 2.24) is 50.2 Å². The van der Waals surface area contributed by atoms with Crippen molar-refractivity contribution in [2.75, 3.05) is 159 Å². The molecule has 0 radical (unpaired) electrons. The van der Waals surface area contributed by atoms with E-state index in [-0.39, 0.29) is 23.4 Å². The first-order valence-electron chi connectivity index (χ1n) is 32.3. The summed E-state index contributed by atoms with van der Waals surface area (Å²) in [7, 11) is 0. The van der Waals surface area contributed by atoms with Gasteiger partial charge in [-0.15, -0.1) is 26.3 Å². The van der Waals surface area contributed by atoms with Gasteiger partial charge in [-0.2, -0.15) is 0 Å². The average molecular weight is 1240 g/mol. The van der Waals surface area contributed by atoms with Gasteiger partial charge < -0.3 is 55.3 Å². The molecule has 6 aliphatic heterocycles. The quantitative estimate of drug-likeness (QED) is 0.105. The topological polar surface area (TPSA) is 209 Å². The van der Waals surface area contributed by atoms with Gasteiger partial charge in [0.2, 0.25) is 0 Å². The van der Waals surface area contributed by atoms with Gasteiger partial charge in [-0.1, -0.05) is 134 Å². The first-order valence-corrected chi connectivity index (χ1v) is 32.3. The zero-order valence-corrected chi connectivity index (χ0v) is 53.4. The number of morpholine rings is 2. The highest BCUT2D eigenvalue weighted by Gasteiger charge is 2.41. The van der Waals surface area contributed by atoms with E-state index in [0.717, 1.165) is 182 Å². The summed E-state index contributed by atoms with van der Waals surface area (Å²) in [6, 6.07) is 40.1. The largest absolute Gasteiger partial charge is 0.445 e. The number of benzene rings is 4. The minimum atomic E-state index is -0.246. The molecule has 20 heteroatoms. The summed E-state index contributed by atoms with van der Waals surface area (Å²) in [6.07, 6.45) is 4.28. The Kier molecular flexibility index (Phi) is 23.5. The molecule has 12 rings (SSSR count). The Labute approximate surface area is 537 Å². The summed E-state index contributed by atoms with van der Waals surface area (Å²) in [5, 5.41) is 20.7. The maximum Gasteiger partial charge on any atom is 0.410 e. The summed E-state index contributed by atoms with van der Waals surface area (Å²) < 4.78 is 23.3. The first kappa shape index (κ1) is 65.6. The SMILES string of the molecule is CCC#CCN1CCN(C(=O)OCc2ccccc2)CC1.Cc1ccccc1-c1cc(N2CCC3(CC2)CN(CC#CCN2CCN(C(=O)OCc4ccccc4)CC2)CCO3)c(N)nn1.Cc1ccccc1-c1cc(N2CCC3(CC2)CNCCO3)c(N)nn1. The molecule has 0 bridgehead atoms. The van der Waals surface area contributed by atoms with Gasteiger partial charge in [0.15, 0.2) is 11.6 Å². The van der Waals surface area contributed by atoms with E-state index in [9.17, 15) is 9.59 Å². The van der Waals surface area contributed by atoms with Crippen LogP contribution < -0.4 is 26.6 Å². The highest BCUT2D eigenvalue weighted by atomic mass is 16.6. The fraction of sp³-hybridized carbons (Fsp3) is 0.465. The fourth-order valence-corrected chi connectivity index (χ4v) is 12.4. The second kappa shape index (κ2) is 32.6. The van der Waals surface area contributed by atoms with Crippen LogP contribution in [0.3, 0.4) is 0 Å². The molecule has 4 aromatic carbocycles. The predicted octanol–water partition coefficient (Wildman–Crippen LogP) is 8.01. The van der Waals surface area contributed by atoms with Gasteiger partial charge in [0, 0.05) is 122 Å².